The number of aliphatic carboxylic acids is 2. The van der Waals surface area contributed by atoms with Crippen LogP contribution in [0.1, 0.15) is 20.3 Å². The minimum Gasteiger partial charge on any atom is -0.480 e. The van der Waals surface area contributed by atoms with Crippen molar-refractivity contribution in [3.8, 4) is 0 Å². The van der Waals surface area contributed by atoms with Crippen molar-refractivity contribution in [1.29, 1.82) is 0 Å². The molecular formula is C18H36N4O4. The smallest absolute Gasteiger partial charge is 0.317 e. The van der Waals surface area contributed by atoms with Gasteiger partial charge in [0.2, 0.25) is 0 Å². The maximum absolute atomic E-state index is 11.3. The fraction of sp³-hybridized carbons (Fsp3) is 0.889. The first kappa shape index (κ1) is 22.8. The van der Waals surface area contributed by atoms with Crippen LogP contribution in [0, 0.1) is 5.92 Å². The van der Waals surface area contributed by atoms with Crippen LogP contribution in [0.15, 0.2) is 0 Å². The highest BCUT2D eigenvalue weighted by atomic mass is 16.4. The van der Waals surface area contributed by atoms with Gasteiger partial charge in [-0.2, -0.15) is 0 Å². The summed E-state index contributed by atoms with van der Waals surface area (Å²) in [6, 6.07) is 0.287. The SMILES string of the molecule is CC(C)CC1CN(CC(=O)O)CCN(CC(=O)O)CCN(C)CCN1C. The largest absolute Gasteiger partial charge is 0.480 e. The summed E-state index contributed by atoms with van der Waals surface area (Å²) in [5, 5.41) is 18.4. The zero-order chi connectivity index (χ0) is 19.7. The van der Waals surface area contributed by atoms with E-state index < -0.39 is 11.9 Å². The molecule has 1 rings (SSSR count). The van der Waals surface area contributed by atoms with Crippen molar-refractivity contribution < 1.29 is 19.8 Å². The van der Waals surface area contributed by atoms with Crippen LogP contribution in [0.3, 0.4) is 0 Å². The van der Waals surface area contributed by atoms with Crippen molar-refractivity contribution >= 4 is 11.9 Å². The van der Waals surface area contributed by atoms with Gasteiger partial charge in [-0.3, -0.25) is 19.4 Å². The molecule has 1 aliphatic rings. The Hall–Kier alpha value is -1.22. The van der Waals surface area contributed by atoms with Crippen LogP contribution < -0.4 is 0 Å². The lowest BCUT2D eigenvalue weighted by Crippen LogP contribution is -2.50. The number of hydrogen-bond acceptors (Lipinski definition) is 6. The number of carboxylic acid groups (broad SMARTS) is 2. The Balaban J connectivity index is 2.90. The standard InChI is InChI=1S/C18H36N4O4/c1-15(2)11-16-12-22(14-18(25)26)10-9-21(13-17(23)24)8-6-19(3)5-7-20(16)4/h15-16H,5-14H2,1-4H3,(H,23,24)(H,25,26). The molecule has 0 aromatic carbocycles. The minimum absolute atomic E-state index is 0.00984. The predicted octanol–water partition coefficient (Wildman–Crippen LogP) is 0.0515. The number of rotatable bonds is 6. The lowest BCUT2D eigenvalue weighted by molar-refractivity contribution is -0.140. The summed E-state index contributed by atoms with van der Waals surface area (Å²) in [5.74, 6) is -1.15. The highest BCUT2D eigenvalue weighted by Crippen LogP contribution is 2.13. The second-order valence-electron chi connectivity index (χ2n) is 7.87. The minimum atomic E-state index is -0.845. The second kappa shape index (κ2) is 11.5. The topological polar surface area (TPSA) is 87.6 Å². The van der Waals surface area contributed by atoms with Gasteiger partial charge in [0.15, 0.2) is 0 Å². The molecule has 0 aromatic heterocycles. The van der Waals surface area contributed by atoms with Crippen molar-refractivity contribution in [3.05, 3.63) is 0 Å². The highest BCUT2D eigenvalue weighted by molar-refractivity contribution is 5.69. The van der Waals surface area contributed by atoms with Crippen LogP contribution in [0.5, 0.6) is 0 Å². The Kier molecular flexibility index (Phi) is 10.1. The fourth-order valence-electron chi connectivity index (χ4n) is 3.34. The second-order valence-corrected chi connectivity index (χ2v) is 7.87. The normalized spacial score (nSPS) is 23.5. The number of hydrogen-bond donors (Lipinski definition) is 2. The first-order valence-electron chi connectivity index (χ1n) is 9.44. The average molecular weight is 373 g/mol. The molecule has 1 aliphatic heterocycles. The van der Waals surface area contributed by atoms with Gasteiger partial charge in [0.25, 0.3) is 0 Å². The van der Waals surface area contributed by atoms with Gasteiger partial charge in [0, 0.05) is 51.9 Å². The van der Waals surface area contributed by atoms with Gasteiger partial charge in [-0.15, -0.1) is 0 Å². The van der Waals surface area contributed by atoms with Gasteiger partial charge >= 0.3 is 11.9 Å². The first-order chi connectivity index (χ1) is 12.2. The van der Waals surface area contributed by atoms with Gasteiger partial charge < -0.3 is 20.0 Å². The lowest BCUT2D eigenvalue weighted by Gasteiger charge is -2.36. The van der Waals surface area contributed by atoms with E-state index in [0.717, 1.165) is 26.1 Å². The molecule has 0 aliphatic carbocycles. The molecule has 1 atom stereocenters. The summed E-state index contributed by atoms with van der Waals surface area (Å²) >= 11 is 0. The maximum atomic E-state index is 11.3. The van der Waals surface area contributed by atoms with E-state index in [-0.39, 0.29) is 19.1 Å². The fourth-order valence-corrected chi connectivity index (χ4v) is 3.34. The zero-order valence-corrected chi connectivity index (χ0v) is 16.7. The molecule has 0 radical (unpaired) electrons. The molecule has 152 valence electrons. The molecule has 0 aromatic rings. The van der Waals surface area contributed by atoms with Crippen LogP contribution in [-0.2, 0) is 9.59 Å². The molecule has 0 saturated carbocycles. The Morgan fingerprint density at radius 2 is 1.38 bits per heavy atom. The van der Waals surface area contributed by atoms with E-state index in [0.29, 0.717) is 32.1 Å². The third kappa shape index (κ3) is 9.47. The van der Waals surface area contributed by atoms with Crippen molar-refractivity contribution in [1.82, 2.24) is 19.6 Å². The molecule has 0 bridgehead atoms. The summed E-state index contributed by atoms with van der Waals surface area (Å²) in [4.78, 5) is 30.8. The van der Waals surface area contributed by atoms with Gasteiger partial charge in [0.05, 0.1) is 13.1 Å². The molecular weight excluding hydrogens is 336 g/mol. The van der Waals surface area contributed by atoms with Crippen LogP contribution in [0.2, 0.25) is 0 Å². The van der Waals surface area contributed by atoms with E-state index in [2.05, 4.69) is 37.7 Å². The van der Waals surface area contributed by atoms with E-state index in [9.17, 15) is 14.7 Å². The molecule has 8 heteroatoms. The summed E-state index contributed by atoms with van der Waals surface area (Å²) < 4.78 is 0. The highest BCUT2D eigenvalue weighted by Gasteiger charge is 2.23. The third-order valence-electron chi connectivity index (χ3n) is 4.92. The van der Waals surface area contributed by atoms with Gasteiger partial charge in [-0.25, -0.2) is 0 Å². The Morgan fingerprint density at radius 3 is 1.96 bits per heavy atom. The van der Waals surface area contributed by atoms with E-state index >= 15 is 0 Å². The van der Waals surface area contributed by atoms with E-state index in [1.54, 1.807) is 0 Å². The molecule has 26 heavy (non-hydrogen) atoms. The molecule has 1 saturated heterocycles. The van der Waals surface area contributed by atoms with Crippen molar-refractivity contribution in [3.63, 3.8) is 0 Å². The van der Waals surface area contributed by atoms with Gasteiger partial charge in [-0.1, -0.05) is 13.8 Å². The molecule has 0 spiro atoms. The number of carbonyl (C=O) groups is 2. The molecule has 8 nitrogen and oxygen atoms in total. The van der Waals surface area contributed by atoms with E-state index in [1.807, 2.05) is 9.80 Å². The van der Waals surface area contributed by atoms with Crippen LogP contribution in [-0.4, -0.2) is 121 Å². The summed E-state index contributed by atoms with van der Waals surface area (Å²) in [6.45, 7) is 9.45. The molecule has 1 unspecified atom stereocenters. The van der Waals surface area contributed by atoms with E-state index in [4.69, 9.17) is 5.11 Å². The number of carboxylic acids is 2. The summed E-state index contributed by atoms with van der Waals surface area (Å²) in [6.07, 6.45) is 1.01. The van der Waals surface area contributed by atoms with Crippen molar-refractivity contribution in [2.75, 3.05) is 73.0 Å². The molecule has 2 N–H and O–H groups in total. The third-order valence-corrected chi connectivity index (χ3v) is 4.92. The molecule has 1 heterocycles. The van der Waals surface area contributed by atoms with Crippen LogP contribution in [0.4, 0.5) is 0 Å². The lowest BCUT2D eigenvalue weighted by atomic mass is 10.0. The molecule has 1 fully saturated rings. The van der Waals surface area contributed by atoms with E-state index in [1.165, 1.54) is 0 Å². The average Bonchev–Trinajstić information content (AvgIpc) is 2.51. The van der Waals surface area contributed by atoms with Crippen molar-refractivity contribution in [2.24, 2.45) is 5.92 Å². The number of likely N-dealkylation sites (N-methyl/N-ethyl adjacent to an activating group) is 2. The zero-order valence-electron chi connectivity index (χ0n) is 16.7. The van der Waals surface area contributed by atoms with Crippen LogP contribution >= 0.6 is 0 Å². The number of nitrogens with zero attached hydrogens (tertiary/aromatic N) is 4. The van der Waals surface area contributed by atoms with Gasteiger partial charge in [0.1, 0.15) is 0 Å². The predicted molar refractivity (Wildman–Crippen MR) is 102 cm³/mol. The summed E-state index contributed by atoms with van der Waals surface area (Å²) in [7, 11) is 4.18. The monoisotopic (exact) mass is 372 g/mol. The first-order valence-corrected chi connectivity index (χ1v) is 9.44. The molecule has 0 amide bonds. The maximum Gasteiger partial charge on any atom is 0.317 e. The summed E-state index contributed by atoms with van der Waals surface area (Å²) in [5.41, 5.74) is 0. The Bertz CT molecular complexity index is 447. The van der Waals surface area contributed by atoms with Crippen LogP contribution in [0.25, 0.3) is 0 Å². The van der Waals surface area contributed by atoms with Crippen molar-refractivity contribution in [2.45, 2.75) is 26.3 Å². The Labute approximate surface area is 157 Å². The quantitative estimate of drug-likeness (QED) is 0.676. The Morgan fingerprint density at radius 1 is 0.885 bits per heavy atom. The van der Waals surface area contributed by atoms with Gasteiger partial charge in [-0.05, 0) is 26.4 Å².